The molecule has 0 aromatic carbocycles. The number of sulfonamides is 1. The van der Waals surface area contributed by atoms with Crippen LogP contribution in [0.4, 0.5) is 0 Å². The maximum Gasteiger partial charge on any atom is 0.261 e. The third-order valence-electron chi connectivity index (χ3n) is 2.90. The van der Waals surface area contributed by atoms with Gasteiger partial charge < -0.3 is 4.57 Å². The molecule has 1 aromatic heterocycles. The Morgan fingerprint density at radius 2 is 2.31 bits per heavy atom. The van der Waals surface area contributed by atoms with Crippen molar-refractivity contribution in [2.45, 2.75) is 18.4 Å². The van der Waals surface area contributed by atoms with Crippen molar-refractivity contribution in [3.05, 3.63) is 11.5 Å². The summed E-state index contributed by atoms with van der Waals surface area (Å²) in [5.74, 6) is 1.07. The highest BCUT2D eigenvalue weighted by atomic mass is 35.5. The van der Waals surface area contributed by atoms with E-state index in [1.54, 1.807) is 7.05 Å². The summed E-state index contributed by atoms with van der Waals surface area (Å²) in [5, 5.41) is 0.0429. The highest BCUT2D eigenvalue weighted by Gasteiger charge is 2.34. The molecule has 1 N–H and O–H groups in total. The lowest BCUT2D eigenvalue weighted by Crippen LogP contribution is -2.26. The molecule has 0 saturated heterocycles. The summed E-state index contributed by atoms with van der Waals surface area (Å²) in [6.45, 7) is 2.57. The van der Waals surface area contributed by atoms with Crippen molar-refractivity contribution in [2.75, 3.05) is 6.54 Å². The monoisotopic (exact) mass is 263 g/mol. The molecule has 2 rings (SSSR count). The van der Waals surface area contributed by atoms with E-state index in [9.17, 15) is 8.42 Å². The van der Waals surface area contributed by atoms with Crippen LogP contribution in [-0.2, 0) is 17.1 Å². The first-order chi connectivity index (χ1) is 7.42. The van der Waals surface area contributed by atoms with Gasteiger partial charge in [0.2, 0.25) is 5.03 Å². The van der Waals surface area contributed by atoms with E-state index < -0.39 is 10.0 Å². The summed E-state index contributed by atoms with van der Waals surface area (Å²) in [5.41, 5.74) is 0. The molecule has 0 bridgehead atoms. The molecule has 1 heterocycles. The zero-order valence-corrected chi connectivity index (χ0v) is 10.7. The maximum absolute atomic E-state index is 11.8. The smallest absolute Gasteiger partial charge is 0.261 e. The molecule has 1 saturated carbocycles. The number of nitrogens with one attached hydrogen (secondary N) is 1. The molecule has 1 aromatic rings. The molecule has 0 radical (unpaired) electrons. The molecule has 5 nitrogen and oxygen atoms in total. The Kier molecular flexibility index (Phi) is 2.98. The summed E-state index contributed by atoms with van der Waals surface area (Å²) < 4.78 is 27.7. The van der Waals surface area contributed by atoms with Gasteiger partial charge in [-0.3, -0.25) is 0 Å². The van der Waals surface area contributed by atoms with Crippen LogP contribution >= 0.6 is 11.6 Å². The Hall–Kier alpha value is -0.590. The van der Waals surface area contributed by atoms with Crippen LogP contribution in [0.2, 0.25) is 5.15 Å². The number of hydrogen-bond acceptors (Lipinski definition) is 3. The molecule has 0 aliphatic heterocycles. The third kappa shape index (κ3) is 2.23. The van der Waals surface area contributed by atoms with Crippen molar-refractivity contribution < 1.29 is 8.42 Å². The van der Waals surface area contributed by atoms with Crippen LogP contribution in [0, 0.1) is 11.8 Å². The number of rotatable bonds is 4. The molecule has 1 aliphatic rings. The van der Waals surface area contributed by atoms with E-state index in [0.717, 1.165) is 6.42 Å². The fourth-order valence-electron chi connectivity index (χ4n) is 1.54. The van der Waals surface area contributed by atoms with Gasteiger partial charge in [-0.15, -0.1) is 0 Å². The normalized spacial score (nSPS) is 24.7. The SMILES string of the molecule is C[C@H]1C[C@@H]1CNS(=O)(=O)c1ncn(C)c1Cl. The average Bonchev–Trinajstić information content (AvgIpc) is 2.81. The zero-order valence-electron chi connectivity index (χ0n) is 9.14. The molecule has 2 atom stereocenters. The Bertz CT molecular complexity index is 497. The molecule has 0 amide bonds. The first-order valence-corrected chi connectivity index (χ1v) is 6.94. The molecule has 1 fully saturated rings. The predicted octanol–water partition coefficient (Wildman–Crippen LogP) is 1.01. The summed E-state index contributed by atoms with van der Waals surface area (Å²) >= 11 is 5.83. The van der Waals surface area contributed by atoms with Crippen LogP contribution < -0.4 is 4.72 Å². The molecule has 0 spiro atoms. The van der Waals surface area contributed by atoms with Crippen LogP contribution in [0.5, 0.6) is 0 Å². The first kappa shape index (κ1) is 11.9. The van der Waals surface area contributed by atoms with Crippen LogP contribution in [0.3, 0.4) is 0 Å². The zero-order chi connectivity index (χ0) is 11.9. The van der Waals surface area contributed by atoms with Crippen molar-refractivity contribution in [3.8, 4) is 0 Å². The van der Waals surface area contributed by atoms with Crippen molar-refractivity contribution >= 4 is 21.6 Å². The van der Waals surface area contributed by atoms with Gasteiger partial charge in [0.05, 0.1) is 6.33 Å². The fraction of sp³-hybridized carbons (Fsp3) is 0.667. The highest BCUT2D eigenvalue weighted by molar-refractivity contribution is 7.89. The second-order valence-electron chi connectivity index (χ2n) is 4.28. The lowest BCUT2D eigenvalue weighted by molar-refractivity contribution is 0.571. The molecule has 7 heteroatoms. The number of aromatic nitrogens is 2. The van der Waals surface area contributed by atoms with E-state index in [0.29, 0.717) is 18.4 Å². The second kappa shape index (κ2) is 4.01. The molecule has 90 valence electrons. The minimum Gasteiger partial charge on any atom is -0.324 e. The van der Waals surface area contributed by atoms with Crippen LogP contribution in [0.15, 0.2) is 11.4 Å². The van der Waals surface area contributed by atoms with Gasteiger partial charge in [-0.2, -0.15) is 0 Å². The van der Waals surface area contributed by atoms with Gasteiger partial charge in [0.25, 0.3) is 10.0 Å². The van der Waals surface area contributed by atoms with Crippen LogP contribution in [0.1, 0.15) is 13.3 Å². The molecular formula is C9H14ClN3O2S. The Morgan fingerprint density at radius 1 is 1.69 bits per heavy atom. The number of hydrogen-bond donors (Lipinski definition) is 1. The second-order valence-corrected chi connectivity index (χ2v) is 6.32. The van der Waals surface area contributed by atoms with Crippen LogP contribution in [-0.4, -0.2) is 24.5 Å². The average molecular weight is 264 g/mol. The summed E-state index contributed by atoms with van der Waals surface area (Å²) in [7, 11) is -1.91. The van der Waals surface area contributed by atoms with E-state index in [1.165, 1.54) is 10.9 Å². The first-order valence-electron chi connectivity index (χ1n) is 5.08. The topological polar surface area (TPSA) is 64.0 Å². The van der Waals surface area contributed by atoms with Crippen molar-refractivity contribution in [1.29, 1.82) is 0 Å². The minimum absolute atomic E-state index is 0.0926. The van der Waals surface area contributed by atoms with E-state index in [4.69, 9.17) is 11.6 Å². The molecule has 0 unspecified atom stereocenters. The minimum atomic E-state index is -3.56. The number of aryl methyl sites for hydroxylation is 1. The largest absolute Gasteiger partial charge is 0.324 e. The quantitative estimate of drug-likeness (QED) is 0.882. The van der Waals surface area contributed by atoms with Gasteiger partial charge in [-0.1, -0.05) is 18.5 Å². The number of halogens is 1. The lowest BCUT2D eigenvalue weighted by Gasteiger charge is -2.03. The van der Waals surface area contributed by atoms with Crippen molar-refractivity contribution in [3.63, 3.8) is 0 Å². The van der Waals surface area contributed by atoms with E-state index in [2.05, 4.69) is 16.6 Å². The lowest BCUT2D eigenvalue weighted by atomic mass is 10.3. The standard InChI is InChI=1S/C9H14ClN3O2S/c1-6-3-7(6)4-12-16(14,15)9-8(10)13(2)5-11-9/h5-7,12H,3-4H2,1-2H3/t6-,7+/m0/s1. The summed E-state index contributed by atoms with van der Waals surface area (Å²) in [6.07, 6.45) is 2.47. The van der Waals surface area contributed by atoms with Gasteiger partial charge in [0.15, 0.2) is 0 Å². The van der Waals surface area contributed by atoms with Crippen molar-refractivity contribution in [1.82, 2.24) is 14.3 Å². The van der Waals surface area contributed by atoms with Gasteiger partial charge in [0, 0.05) is 13.6 Å². The van der Waals surface area contributed by atoms with E-state index in [-0.39, 0.29) is 10.2 Å². The highest BCUT2D eigenvalue weighted by Crippen LogP contribution is 2.37. The van der Waals surface area contributed by atoms with E-state index >= 15 is 0 Å². The van der Waals surface area contributed by atoms with Crippen molar-refractivity contribution in [2.24, 2.45) is 18.9 Å². The fourth-order valence-corrected chi connectivity index (χ4v) is 3.06. The van der Waals surface area contributed by atoms with Crippen LogP contribution in [0.25, 0.3) is 0 Å². The Balaban J connectivity index is 2.09. The van der Waals surface area contributed by atoms with Gasteiger partial charge in [-0.25, -0.2) is 18.1 Å². The van der Waals surface area contributed by atoms with E-state index in [1.807, 2.05) is 0 Å². The molecule has 1 aliphatic carbocycles. The Morgan fingerprint density at radius 3 is 2.75 bits per heavy atom. The predicted molar refractivity (Wildman–Crippen MR) is 60.7 cm³/mol. The molecule has 16 heavy (non-hydrogen) atoms. The van der Waals surface area contributed by atoms with Gasteiger partial charge in [0.1, 0.15) is 5.15 Å². The third-order valence-corrected chi connectivity index (χ3v) is 4.81. The summed E-state index contributed by atoms with van der Waals surface area (Å²) in [4.78, 5) is 3.78. The number of nitrogens with zero attached hydrogens (tertiary/aromatic N) is 2. The van der Waals surface area contributed by atoms with Gasteiger partial charge >= 0.3 is 0 Å². The Labute approximate surface area is 99.9 Å². The maximum atomic E-state index is 11.8. The number of imidazole rings is 1. The summed E-state index contributed by atoms with van der Waals surface area (Å²) in [6, 6.07) is 0. The van der Waals surface area contributed by atoms with Gasteiger partial charge in [-0.05, 0) is 18.3 Å². The molecular weight excluding hydrogens is 250 g/mol.